The Labute approximate surface area is 114 Å². The van der Waals surface area contributed by atoms with E-state index < -0.39 is 0 Å². The summed E-state index contributed by atoms with van der Waals surface area (Å²) in [7, 11) is 2.11. The fourth-order valence-corrected chi connectivity index (χ4v) is 3.05. The Bertz CT molecular complexity index is 500. The van der Waals surface area contributed by atoms with Gasteiger partial charge in [0.25, 0.3) is 5.91 Å². The third kappa shape index (κ3) is 2.32. The number of piperazine rings is 1. The normalized spacial score (nSPS) is 23.1. The number of benzene rings is 1. The molecule has 1 amide bonds. The van der Waals surface area contributed by atoms with Crippen molar-refractivity contribution in [2.24, 2.45) is 0 Å². The molecule has 1 N–H and O–H groups in total. The van der Waals surface area contributed by atoms with Crippen molar-refractivity contribution in [2.45, 2.75) is 19.4 Å². The summed E-state index contributed by atoms with van der Waals surface area (Å²) in [6.45, 7) is 5.85. The first-order valence-corrected chi connectivity index (χ1v) is 7.01. The molecule has 0 saturated carbocycles. The largest absolute Gasteiger partial charge is 0.384 e. The van der Waals surface area contributed by atoms with Gasteiger partial charge in [-0.3, -0.25) is 4.79 Å². The number of nitrogens with zero attached hydrogens (tertiary/aromatic N) is 2. The van der Waals surface area contributed by atoms with E-state index in [0.717, 1.165) is 38.2 Å². The summed E-state index contributed by atoms with van der Waals surface area (Å²) < 4.78 is 0. The van der Waals surface area contributed by atoms with Crippen LogP contribution in [0.15, 0.2) is 18.2 Å². The number of rotatable bonds is 1. The molecule has 4 heteroatoms. The molecule has 0 radical (unpaired) electrons. The first-order chi connectivity index (χ1) is 9.15. The van der Waals surface area contributed by atoms with E-state index in [9.17, 15) is 4.79 Å². The van der Waals surface area contributed by atoms with E-state index in [1.807, 2.05) is 17.0 Å². The summed E-state index contributed by atoms with van der Waals surface area (Å²) >= 11 is 0. The zero-order valence-corrected chi connectivity index (χ0v) is 11.6. The van der Waals surface area contributed by atoms with Crippen molar-refractivity contribution in [1.82, 2.24) is 9.80 Å². The molecule has 102 valence electrons. The van der Waals surface area contributed by atoms with Crippen LogP contribution >= 0.6 is 0 Å². The van der Waals surface area contributed by atoms with Gasteiger partial charge >= 0.3 is 0 Å². The number of carbonyl (C=O) groups is 1. The number of amides is 1. The molecule has 0 aliphatic carbocycles. The maximum absolute atomic E-state index is 12.6. The molecule has 1 atom stereocenters. The number of hydrogen-bond acceptors (Lipinski definition) is 3. The van der Waals surface area contributed by atoms with Crippen LogP contribution in [-0.4, -0.2) is 55.0 Å². The van der Waals surface area contributed by atoms with Gasteiger partial charge in [-0.25, -0.2) is 0 Å². The van der Waals surface area contributed by atoms with Crippen molar-refractivity contribution < 1.29 is 4.79 Å². The Morgan fingerprint density at radius 1 is 1.37 bits per heavy atom. The standard InChI is InChI=1S/C15H21N3O/c1-11-10-17(2)7-8-18(11)15(19)13-3-4-14-12(9-13)5-6-16-14/h3-4,9,11,16H,5-8,10H2,1-2H3. The van der Waals surface area contributed by atoms with E-state index in [2.05, 4.69) is 30.3 Å². The average molecular weight is 259 g/mol. The van der Waals surface area contributed by atoms with Crippen LogP contribution in [0.2, 0.25) is 0 Å². The van der Waals surface area contributed by atoms with E-state index in [4.69, 9.17) is 0 Å². The van der Waals surface area contributed by atoms with Crippen LogP contribution in [0.3, 0.4) is 0 Å². The van der Waals surface area contributed by atoms with Crippen molar-refractivity contribution >= 4 is 11.6 Å². The van der Waals surface area contributed by atoms with Crippen molar-refractivity contribution in [1.29, 1.82) is 0 Å². The molecule has 1 fully saturated rings. The lowest BCUT2D eigenvalue weighted by atomic mass is 10.1. The van der Waals surface area contributed by atoms with Gasteiger partial charge in [0.05, 0.1) is 0 Å². The minimum atomic E-state index is 0.176. The summed E-state index contributed by atoms with van der Waals surface area (Å²) in [6.07, 6.45) is 1.02. The van der Waals surface area contributed by atoms with Gasteiger partial charge in [0, 0.05) is 43.5 Å². The number of anilines is 1. The van der Waals surface area contributed by atoms with Gasteiger partial charge in [-0.1, -0.05) is 0 Å². The number of nitrogens with one attached hydrogen (secondary N) is 1. The molecule has 1 aromatic rings. The summed E-state index contributed by atoms with van der Waals surface area (Å²) in [5.74, 6) is 0.176. The zero-order valence-electron chi connectivity index (χ0n) is 11.6. The molecule has 0 spiro atoms. The lowest BCUT2D eigenvalue weighted by Crippen LogP contribution is -2.52. The van der Waals surface area contributed by atoms with E-state index in [-0.39, 0.29) is 11.9 Å². The number of fused-ring (bicyclic) bond motifs is 1. The fourth-order valence-electron chi connectivity index (χ4n) is 3.05. The molecule has 2 aliphatic heterocycles. The van der Waals surface area contributed by atoms with Crippen LogP contribution in [0.5, 0.6) is 0 Å². The zero-order chi connectivity index (χ0) is 13.4. The Kier molecular flexibility index (Phi) is 3.19. The minimum absolute atomic E-state index is 0.176. The molecule has 1 saturated heterocycles. The van der Waals surface area contributed by atoms with E-state index in [1.54, 1.807) is 0 Å². The SMILES string of the molecule is CC1CN(C)CCN1C(=O)c1ccc2c(c1)CCN2. The highest BCUT2D eigenvalue weighted by Gasteiger charge is 2.27. The molecule has 2 heterocycles. The molecule has 19 heavy (non-hydrogen) atoms. The molecular formula is C15H21N3O. The molecule has 1 aromatic carbocycles. The Morgan fingerprint density at radius 3 is 3.00 bits per heavy atom. The molecule has 4 nitrogen and oxygen atoms in total. The first-order valence-electron chi connectivity index (χ1n) is 7.01. The lowest BCUT2D eigenvalue weighted by Gasteiger charge is -2.38. The van der Waals surface area contributed by atoms with Gasteiger partial charge in [0.15, 0.2) is 0 Å². The van der Waals surface area contributed by atoms with Gasteiger partial charge in [0.2, 0.25) is 0 Å². The highest BCUT2D eigenvalue weighted by Crippen LogP contribution is 2.24. The summed E-state index contributed by atoms with van der Waals surface area (Å²) in [4.78, 5) is 16.9. The quantitative estimate of drug-likeness (QED) is 0.829. The number of likely N-dealkylation sites (N-methyl/N-ethyl adjacent to an activating group) is 1. The van der Waals surface area contributed by atoms with Crippen molar-refractivity contribution in [3.63, 3.8) is 0 Å². The van der Waals surface area contributed by atoms with Crippen molar-refractivity contribution in [3.05, 3.63) is 29.3 Å². The minimum Gasteiger partial charge on any atom is -0.384 e. The van der Waals surface area contributed by atoms with Crippen LogP contribution in [-0.2, 0) is 6.42 Å². The van der Waals surface area contributed by atoms with Crippen LogP contribution < -0.4 is 5.32 Å². The summed E-state index contributed by atoms with van der Waals surface area (Å²) in [6, 6.07) is 6.33. The first kappa shape index (κ1) is 12.5. The number of carbonyl (C=O) groups excluding carboxylic acids is 1. The second-order valence-electron chi connectivity index (χ2n) is 5.66. The summed E-state index contributed by atoms with van der Waals surface area (Å²) in [5.41, 5.74) is 3.29. The molecule has 1 unspecified atom stereocenters. The highest BCUT2D eigenvalue weighted by molar-refractivity contribution is 5.95. The van der Waals surface area contributed by atoms with Crippen LogP contribution in [0.1, 0.15) is 22.8 Å². The van der Waals surface area contributed by atoms with Gasteiger partial charge < -0.3 is 15.1 Å². The van der Waals surface area contributed by atoms with Crippen LogP contribution in [0.4, 0.5) is 5.69 Å². The number of hydrogen-bond donors (Lipinski definition) is 1. The third-order valence-electron chi connectivity index (χ3n) is 4.15. The van der Waals surface area contributed by atoms with Crippen LogP contribution in [0, 0.1) is 0 Å². The van der Waals surface area contributed by atoms with E-state index in [0.29, 0.717) is 0 Å². The molecule has 0 bridgehead atoms. The van der Waals surface area contributed by atoms with Gasteiger partial charge in [-0.2, -0.15) is 0 Å². The Morgan fingerprint density at radius 2 is 2.21 bits per heavy atom. The smallest absolute Gasteiger partial charge is 0.254 e. The molecular weight excluding hydrogens is 238 g/mol. The van der Waals surface area contributed by atoms with Gasteiger partial charge in [-0.05, 0) is 44.2 Å². The van der Waals surface area contributed by atoms with Gasteiger partial charge in [0.1, 0.15) is 0 Å². The second-order valence-corrected chi connectivity index (χ2v) is 5.66. The predicted molar refractivity (Wildman–Crippen MR) is 76.6 cm³/mol. The topological polar surface area (TPSA) is 35.6 Å². The van der Waals surface area contributed by atoms with Crippen molar-refractivity contribution in [2.75, 3.05) is 38.5 Å². The Hall–Kier alpha value is -1.55. The Balaban J connectivity index is 1.80. The maximum atomic E-state index is 12.6. The molecule has 3 rings (SSSR count). The second kappa shape index (κ2) is 4.85. The fraction of sp³-hybridized carbons (Fsp3) is 0.533. The third-order valence-corrected chi connectivity index (χ3v) is 4.15. The average Bonchev–Trinajstić information content (AvgIpc) is 2.85. The molecule has 2 aliphatic rings. The molecule has 0 aromatic heterocycles. The summed E-state index contributed by atoms with van der Waals surface area (Å²) in [5, 5.41) is 3.33. The highest BCUT2D eigenvalue weighted by atomic mass is 16.2. The van der Waals surface area contributed by atoms with Gasteiger partial charge in [-0.15, -0.1) is 0 Å². The van der Waals surface area contributed by atoms with Crippen molar-refractivity contribution in [3.8, 4) is 0 Å². The lowest BCUT2D eigenvalue weighted by molar-refractivity contribution is 0.0533. The van der Waals surface area contributed by atoms with E-state index in [1.165, 1.54) is 11.3 Å². The monoisotopic (exact) mass is 259 g/mol. The predicted octanol–water partition coefficient (Wildman–Crippen LogP) is 1.43. The maximum Gasteiger partial charge on any atom is 0.254 e. The van der Waals surface area contributed by atoms with E-state index >= 15 is 0 Å². The van der Waals surface area contributed by atoms with Crippen LogP contribution in [0.25, 0.3) is 0 Å².